The van der Waals surface area contributed by atoms with Gasteiger partial charge >= 0.3 is 12.1 Å². The second-order valence-corrected chi connectivity index (χ2v) is 3.53. The first-order valence-electron chi connectivity index (χ1n) is 5.16. The molecule has 0 saturated heterocycles. The van der Waals surface area contributed by atoms with Crippen LogP contribution in [0.15, 0.2) is 43.0 Å². The van der Waals surface area contributed by atoms with Crippen LogP contribution in [-0.2, 0) is 4.79 Å². The fourth-order valence-corrected chi connectivity index (χ4v) is 1.42. The van der Waals surface area contributed by atoms with Gasteiger partial charge in [0.15, 0.2) is 0 Å². The zero-order valence-corrected chi connectivity index (χ0v) is 9.81. The molecule has 98 valence electrons. The lowest BCUT2D eigenvalue weighted by Gasteiger charge is -2.33. The van der Waals surface area contributed by atoms with Crippen molar-refractivity contribution in [3.63, 3.8) is 0 Å². The fraction of sp³-hybridized carbons (Fsp3) is 0.250. The summed E-state index contributed by atoms with van der Waals surface area (Å²) >= 11 is 0. The lowest BCUT2D eigenvalue weighted by atomic mass is 10.3. The maximum absolute atomic E-state index is 12.4. The third-order valence-electron chi connectivity index (χ3n) is 2.25. The van der Waals surface area contributed by atoms with Gasteiger partial charge in [-0.1, -0.05) is 24.3 Å². The Bertz CT molecular complexity index is 417. The van der Waals surface area contributed by atoms with Gasteiger partial charge in [0.25, 0.3) is 0 Å². The Morgan fingerprint density at radius 3 is 2.33 bits per heavy atom. The van der Waals surface area contributed by atoms with Crippen LogP contribution in [-0.4, -0.2) is 30.7 Å². The molecule has 3 nitrogen and oxygen atoms in total. The van der Waals surface area contributed by atoms with Gasteiger partial charge in [0.2, 0.25) is 0 Å². The number of carbonyl (C=O) groups is 1. The third-order valence-corrected chi connectivity index (χ3v) is 2.25. The van der Waals surface area contributed by atoms with Gasteiger partial charge in [0, 0.05) is 7.05 Å². The van der Waals surface area contributed by atoms with E-state index in [0.29, 0.717) is 10.7 Å². The molecule has 0 radical (unpaired) electrons. The van der Waals surface area contributed by atoms with E-state index in [4.69, 9.17) is 0 Å². The Balaban J connectivity index is 2.99. The topological polar surface area (TPSA) is 23.6 Å². The van der Waals surface area contributed by atoms with Crippen molar-refractivity contribution in [1.29, 1.82) is 0 Å². The number of alkyl halides is 3. The zero-order chi connectivity index (χ0) is 13.8. The van der Waals surface area contributed by atoms with Crippen molar-refractivity contribution in [1.82, 2.24) is 5.01 Å². The molecule has 1 rings (SSSR count). The number of hydrogen-bond donors (Lipinski definition) is 0. The molecule has 6 heteroatoms. The summed E-state index contributed by atoms with van der Waals surface area (Å²) in [6, 6.07) is 8.32. The highest BCUT2D eigenvalue weighted by Crippen LogP contribution is 2.22. The average molecular weight is 258 g/mol. The molecule has 0 bridgehead atoms. The van der Waals surface area contributed by atoms with E-state index in [2.05, 4.69) is 6.58 Å². The van der Waals surface area contributed by atoms with Crippen molar-refractivity contribution in [2.24, 2.45) is 0 Å². The first-order chi connectivity index (χ1) is 8.38. The summed E-state index contributed by atoms with van der Waals surface area (Å²) in [4.78, 5) is 11.2. The molecule has 1 amide bonds. The quantitative estimate of drug-likeness (QED) is 0.612. The lowest BCUT2D eigenvalue weighted by molar-refractivity contribution is -0.184. The van der Waals surface area contributed by atoms with E-state index >= 15 is 0 Å². The predicted molar refractivity (Wildman–Crippen MR) is 62.8 cm³/mol. The first-order valence-corrected chi connectivity index (χ1v) is 5.16. The number of nitrogens with zero attached hydrogens (tertiary/aromatic N) is 2. The van der Waals surface area contributed by atoms with Crippen LogP contribution in [0, 0.1) is 0 Å². The molecule has 0 unspecified atom stereocenters. The SMILES string of the molecule is C=CCN(c1ccccc1)N(C)C(=O)C(F)(F)F. The number of benzene rings is 1. The van der Waals surface area contributed by atoms with Gasteiger partial charge in [-0.25, -0.2) is 5.01 Å². The maximum atomic E-state index is 12.4. The molecular weight excluding hydrogens is 245 g/mol. The van der Waals surface area contributed by atoms with Crippen LogP contribution in [0.5, 0.6) is 0 Å². The molecule has 1 aromatic rings. The van der Waals surface area contributed by atoms with Crippen LogP contribution < -0.4 is 5.01 Å². The van der Waals surface area contributed by atoms with E-state index < -0.39 is 12.1 Å². The highest BCUT2D eigenvalue weighted by molar-refractivity contribution is 5.83. The Morgan fingerprint density at radius 1 is 1.33 bits per heavy atom. The molecule has 18 heavy (non-hydrogen) atoms. The summed E-state index contributed by atoms with van der Waals surface area (Å²) in [6.07, 6.45) is -3.48. The molecule has 0 saturated carbocycles. The number of carbonyl (C=O) groups excluding carboxylic acids is 1. The minimum absolute atomic E-state index is 0.0995. The van der Waals surface area contributed by atoms with Crippen molar-refractivity contribution in [2.75, 3.05) is 18.6 Å². The Morgan fingerprint density at radius 2 is 1.89 bits per heavy atom. The van der Waals surface area contributed by atoms with Crippen LogP contribution in [0.2, 0.25) is 0 Å². The first kappa shape index (κ1) is 14.1. The van der Waals surface area contributed by atoms with Gasteiger partial charge in [0.1, 0.15) is 0 Å². The molecule has 0 spiro atoms. The van der Waals surface area contributed by atoms with E-state index in [-0.39, 0.29) is 6.54 Å². The van der Waals surface area contributed by atoms with Crippen LogP contribution in [0.25, 0.3) is 0 Å². The van der Waals surface area contributed by atoms with E-state index in [1.807, 2.05) is 0 Å². The fourth-order valence-electron chi connectivity index (χ4n) is 1.42. The Kier molecular flexibility index (Phi) is 4.36. The smallest absolute Gasteiger partial charge is 0.279 e. The van der Waals surface area contributed by atoms with Gasteiger partial charge in [0.05, 0.1) is 12.2 Å². The highest BCUT2D eigenvalue weighted by atomic mass is 19.4. The minimum Gasteiger partial charge on any atom is -0.279 e. The minimum atomic E-state index is -4.90. The van der Waals surface area contributed by atoms with Crippen molar-refractivity contribution in [3.05, 3.63) is 43.0 Å². The Labute approximate surface area is 103 Å². The summed E-state index contributed by atoms with van der Waals surface area (Å²) < 4.78 is 37.1. The van der Waals surface area contributed by atoms with Gasteiger partial charge in [-0.2, -0.15) is 13.2 Å². The summed E-state index contributed by atoms with van der Waals surface area (Å²) in [5.74, 6) is -1.92. The molecule has 0 atom stereocenters. The van der Waals surface area contributed by atoms with Crippen molar-refractivity contribution >= 4 is 11.6 Å². The molecule has 0 aliphatic heterocycles. The number of para-hydroxylation sites is 1. The standard InChI is InChI=1S/C12H13F3N2O/c1-3-9-17(10-7-5-4-6-8-10)16(2)11(18)12(13,14)15/h3-8H,1,9H2,2H3. The number of halogens is 3. The van der Waals surface area contributed by atoms with Crippen molar-refractivity contribution < 1.29 is 18.0 Å². The third kappa shape index (κ3) is 3.26. The van der Waals surface area contributed by atoms with Gasteiger partial charge in [-0.3, -0.25) is 9.80 Å². The largest absolute Gasteiger partial charge is 0.473 e. The predicted octanol–water partition coefficient (Wildman–Crippen LogP) is 2.61. The van der Waals surface area contributed by atoms with E-state index in [1.54, 1.807) is 30.3 Å². The molecular formula is C12H13F3N2O. The second kappa shape index (κ2) is 5.57. The van der Waals surface area contributed by atoms with Gasteiger partial charge in [-0.05, 0) is 12.1 Å². The average Bonchev–Trinajstić information content (AvgIpc) is 2.34. The highest BCUT2D eigenvalue weighted by Gasteiger charge is 2.43. The molecule has 0 aliphatic rings. The van der Waals surface area contributed by atoms with Crippen LogP contribution >= 0.6 is 0 Å². The number of hydrogen-bond acceptors (Lipinski definition) is 2. The number of hydrazine groups is 1. The molecule has 0 heterocycles. The molecule has 1 aromatic carbocycles. The van der Waals surface area contributed by atoms with Crippen molar-refractivity contribution in [3.8, 4) is 0 Å². The molecule has 0 N–H and O–H groups in total. The van der Waals surface area contributed by atoms with Crippen LogP contribution in [0.3, 0.4) is 0 Å². The normalized spacial score (nSPS) is 10.9. The monoisotopic (exact) mass is 258 g/mol. The number of amides is 1. The number of anilines is 1. The van der Waals surface area contributed by atoms with Crippen molar-refractivity contribution in [2.45, 2.75) is 6.18 Å². The second-order valence-electron chi connectivity index (χ2n) is 3.53. The zero-order valence-electron chi connectivity index (χ0n) is 9.81. The molecule has 0 aliphatic carbocycles. The summed E-state index contributed by atoms with van der Waals surface area (Å²) in [5, 5.41) is 1.74. The van der Waals surface area contributed by atoms with E-state index in [1.165, 1.54) is 11.1 Å². The summed E-state index contributed by atoms with van der Waals surface area (Å²) in [7, 11) is 1.08. The van der Waals surface area contributed by atoms with E-state index in [9.17, 15) is 18.0 Å². The van der Waals surface area contributed by atoms with Crippen LogP contribution in [0.1, 0.15) is 0 Å². The van der Waals surface area contributed by atoms with Crippen LogP contribution in [0.4, 0.5) is 18.9 Å². The van der Waals surface area contributed by atoms with Gasteiger partial charge < -0.3 is 0 Å². The maximum Gasteiger partial charge on any atom is 0.473 e. The number of rotatable bonds is 4. The lowest BCUT2D eigenvalue weighted by Crippen LogP contribution is -2.49. The van der Waals surface area contributed by atoms with Gasteiger partial charge in [-0.15, -0.1) is 6.58 Å². The molecule has 0 fully saturated rings. The molecule has 0 aromatic heterocycles. The Hall–Kier alpha value is -1.98. The summed E-state index contributed by atoms with van der Waals surface area (Å²) in [5.41, 5.74) is 0.484. The van der Waals surface area contributed by atoms with E-state index in [0.717, 1.165) is 7.05 Å². The summed E-state index contributed by atoms with van der Waals surface area (Å²) in [6.45, 7) is 3.57.